The van der Waals surface area contributed by atoms with Crippen molar-refractivity contribution in [1.29, 1.82) is 0 Å². The summed E-state index contributed by atoms with van der Waals surface area (Å²) in [5.74, 6) is -1.95. The molecule has 0 amide bonds. The lowest BCUT2D eigenvalue weighted by Gasteiger charge is -2.47. The predicted octanol–water partition coefficient (Wildman–Crippen LogP) is 8.55. The maximum atomic E-state index is 15.9. The molecule has 2 atom stereocenters. The Morgan fingerprint density at radius 3 is 1.98 bits per heavy atom. The molecule has 3 aromatic carbocycles. The largest absolute Gasteiger partial charge is 0.469 e. The summed E-state index contributed by atoms with van der Waals surface area (Å²) in [5, 5.41) is 8.75. The van der Waals surface area contributed by atoms with Crippen molar-refractivity contribution in [1.82, 2.24) is 19.7 Å². The number of ether oxygens (including phenoxy) is 1. The first kappa shape index (κ1) is 32.3. The number of methoxy groups -OCH3 is 1. The van der Waals surface area contributed by atoms with Gasteiger partial charge in [-0.1, -0.05) is 91.0 Å². The van der Waals surface area contributed by atoms with E-state index in [4.69, 9.17) is 21.4 Å². The summed E-state index contributed by atoms with van der Waals surface area (Å²) in [5.41, 5.74) is 1.99. The summed E-state index contributed by atoms with van der Waals surface area (Å²) < 4.78 is 38.0. The van der Waals surface area contributed by atoms with Crippen LogP contribution in [0, 0.1) is 36.0 Å². The topological polar surface area (TPSA) is 86.3 Å². The number of aromatic nitrogens is 4. The van der Waals surface area contributed by atoms with Gasteiger partial charge in [0.15, 0.2) is 17.3 Å². The van der Waals surface area contributed by atoms with Crippen LogP contribution in [0.3, 0.4) is 0 Å². The van der Waals surface area contributed by atoms with Crippen molar-refractivity contribution >= 4 is 28.5 Å². The average molecular weight is 681 g/mol. The molecule has 3 aromatic heterocycles. The molecule has 0 saturated heterocycles. The van der Waals surface area contributed by atoms with Crippen LogP contribution >= 0.6 is 0 Å². The minimum absolute atomic E-state index is 0.0729. The highest BCUT2D eigenvalue weighted by atomic mass is 19.1. The quantitative estimate of drug-likeness (QED) is 0.0985. The average Bonchev–Trinajstić information content (AvgIpc) is 3.55. The highest BCUT2D eigenvalue weighted by molar-refractivity contribution is 5.94. The number of pyridine rings is 2. The number of halogens is 2. The van der Waals surface area contributed by atoms with Crippen molar-refractivity contribution in [3.8, 4) is 11.4 Å². The molecule has 1 unspecified atom stereocenters. The molecule has 0 radical (unpaired) electrons. The molecule has 3 saturated carbocycles. The van der Waals surface area contributed by atoms with Gasteiger partial charge >= 0.3 is 5.97 Å². The molecule has 254 valence electrons. The van der Waals surface area contributed by atoms with Gasteiger partial charge in [0.05, 0.1) is 31.2 Å². The molecule has 9 rings (SSSR count). The molecule has 0 spiro atoms. The highest BCUT2D eigenvalue weighted by Gasteiger charge is 2.48. The Labute approximate surface area is 294 Å². The van der Waals surface area contributed by atoms with Crippen LogP contribution in [-0.4, -0.2) is 38.9 Å². The van der Waals surface area contributed by atoms with E-state index < -0.39 is 29.1 Å². The van der Waals surface area contributed by atoms with Gasteiger partial charge in [-0.15, -0.1) is 0 Å². The third kappa shape index (κ3) is 5.32. The van der Waals surface area contributed by atoms with E-state index in [1.54, 1.807) is 4.68 Å². The van der Waals surface area contributed by atoms with Crippen LogP contribution in [-0.2, 0) is 15.1 Å². The maximum absolute atomic E-state index is 15.9. The molecule has 3 heterocycles. The molecule has 0 aliphatic heterocycles. The Bertz CT molecular complexity index is 2170. The summed E-state index contributed by atoms with van der Waals surface area (Å²) in [6.07, 6.45) is 4.78. The summed E-state index contributed by atoms with van der Waals surface area (Å²) in [7, 11) is 1.37. The normalized spacial score (nSPS) is 19.8. The van der Waals surface area contributed by atoms with Gasteiger partial charge in [-0.25, -0.2) is 28.3 Å². The summed E-state index contributed by atoms with van der Waals surface area (Å²) >= 11 is 0. The van der Waals surface area contributed by atoms with Gasteiger partial charge < -0.3 is 10.1 Å². The predicted molar refractivity (Wildman–Crippen MR) is 190 cm³/mol. The van der Waals surface area contributed by atoms with Gasteiger partial charge in [0.2, 0.25) is 5.69 Å². The minimum atomic E-state index is -1.11. The van der Waals surface area contributed by atoms with E-state index in [0.717, 1.165) is 54.6 Å². The van der Waals surface area contributed by atoms with Gasteiger partial charge in [0.25, 0.3) is 0 Å². The molecule has 10 heteroatoms. The third-order valence-corrected chi connectivity index (χ3v) is 10.7. The van der Waals surface area contributed by atoms with E-state index in [1.165, 1.54) is 13.2 Å². The molecule has 6 aromatic rings. The zero-order valence-corrected chi connectivity index (χ0v) is 27.8. The van der Waals surface area contributed by atoms with Gasteiger partial charge in [-0.3, -0.25) is 4.79 Å². The van der Waals surface area contributed by atoms with E-state index in [2.05, 4.69) is 15.1 Å². The number of carbonyl (C=O) groups excluding carboxylic acids is 1. The summed E-state index contributed by atoms with van der Waals surface area (Å²) in [4.78, 5) is 26.0. The molecule has 51 heavy (non-hydrogen) atoms. The third-order valence-electron chi connectivity index (χ3n) is 10.7. The van der Waals surface area contributed by atoms with E-state index in [1.807, 2.05) is 91.0 Å². The molecule has 1 N–H and O–H groups in total. The fourth-order valence-corrected chi connectivity index (χ4v) is 8.42. The van der Waals surface area contributed by atoms with Crippen molar-refractivity contribution in [3.63, 3.8) is 0 Å². The van der Waals surface area contributed by atoms with Gasteiger partial charge in [-0.05, 0) is 66.3 Å². The maximum Gasteiger partial charge on any atom is 0.311 e. The van der Waals surface area contributed by atoms with Crippen molar-refractivity contribution in [3.05, 3.63) is 149 Å². The van der Waals surface area contributed by atoms with Gasteiger partial charge in [-0.2, -0.15) is 5.10 Å². The first-order valence-corrected chi connectivity index (χ1v) is 17.1. The second-order valence-electron chi connectivity index (χ2n) is 13.3. The van der Waals surface area contributed by atoms with E-state index in [-0.39, 0.29) is 40.7 Å². The van der Waals surface area contributed by atoms with Crippen molar-refractivity contribution in [2.45, 2.75) is 37.3 Å². The van der Waals surface area contributed by atoms with Gasteiger partial charge in [0, 0.05) is 6.04 Å². The Balaban J connectivity index is 1.38. The standard InChI is InChI=1S/C41H34F2N6O2/c1-44-33-23-32(43)38(46-35-26-20-18-25(19-21-26)34(35)40(50)51-2)47-37(33)36-31-22-30(42)24-45-39(31)49(48-36)41(27-12-6-3-7-13-27,28-14-8-4-9-15-28)29-16-10-5-11-17-29/h3-17,22-26,34-35H,18-21H2,2H3,(H,46,47)/t25?,26?,34-,35?/m0/s1. The number of anilines is 1. The number of nitrogens with one attached hydrogen (secondary N) is 1. The number of benzene rings is 3. The first-order valence-electron chi connectivity index (χ1n) is 17.1. The number of carbonyl (C=O) groups is 1. The van der Waals surface area contributed by atoms with Crippen LogP contribution < -0.4 is 5.32 Å². The number of hydrogen-bond acceptors (Lipinski definition) is 6. The Kier molecular flexibility index (Phi) is 8.27. The lowest BCUT2D eigenvalue weighted by atomic mass is 9.61. The molecule has 3 aliphatic rings. The first-order chi connectivity index (χ1) is 24.9. The Morgan fingerprint density at radius 2 is 1.43 bits per heavy atom. The van der Waals surface area contributed by atoms with E-state index in [9.17, 15) is 4.79 Å². The van der Waals surface area contributed by atoms with Crippen LogP contribution in [0.15, 0.2) is 109 Å². The van der Waals surface area contributed by atoms with Crippen molar-refractivity contribution in [2.75, 3.05) is 12.4 Å². The second kappa shape index (κ2) is 13.1. The molecule has 3 fully saturated rings. The SMILES string of the molecule is [C-]#[N+]c1cc(F)c(NC2C3CCC(CC3)[C@@H]2C(=O)OC)nc1-c1nn(C(c2ccccc2)(c2ccccc2)c2ccccc2)c2ncc(F)cc12. The molecule has 2 bridgehead atoms. The molecular formula is C41H34F2N6O2. The fraction of sp³-hybridized carbons (Fsp3) is 0.244. The van der Waals surface area contributed by atoms with E-state index >= 15 is 8.78 Å². The highest BCUT2D eigenvalue weighted by Crippen LogP contribution is 2.48. The zero-order valence-electron chi connectivity index (χ0n) is 27.8. The number of esters is 1. The summed E-state index contributed by atoms with van der Waals surface area (Å²) in [6.45, 7) is 8.03. The number of nitrogens with zero attached hydrogens (tertiary/aromatic N) is 5. The van der Waals surface area contributed by atoms with Gasteiger partial charge in [0.1, 0.15) is 22.7 Å². The zero-order chi connectivity index (χ0) is 35.1. The van der Waals surface area contributed by atoms with Crippen LogP contribution in [0.1, 0.15) is 42.4 Å². The number of fused-ring (bicyclic) bond motifs is 4. The lowest BCUT2D eigenvalue weighted by molar-refractivity contribution is -0.152. The van der Waals surface area contributed by atoms with Crippen molar-refractivity contribution in [2.24, 2.45) is 17.8 Å². The summed E-state index contributed by atoms with van der Waals surface area (Å²) in [6, 6.07) is 31.6. The van der Waals surface area contributed by atoms with Crippen LogP contribution in [0.4, 0.5) is 20.3 Å². The lowest BCUT2D eigenvalue weighted by Crippen LogP contribution is -2.52. The molecular weight excluding hydrogens is 646 g/mol. The fourth-order valence-electron chi connectivity index (χ4n) is 8.42. The molecule has 3 aliphatic carbocycles. The minimum Gasteiger partial charge on any atom is -0.469 e. The number of hydrogen-bond donors (Lipinski definition) is 1. The smallest absolute Gasteiger partial charge is 0.311 e. The van der Waals surface area contributed by atoms with Crippen LogP contribution in [0.25, 0.3) is 27.3 Å². The monoisotopic (exact) mass is 680 g/mol. The Morgan fingerprint density at radius 1 is 0.863 bits per heavy atom. The Hall–Kier alpha value is -5.95. The van der Waals surface area contributed by atoms with Crippen molar-refractivity contribution < 1.29 is 18.3 Å². The van der Waals surface area contributed by atoms with Crippen LogP contribution in [0.5, 0.6) is 0 Å². The molecule has 8 nitrogen and oxygen atoms in total. The van der Waals surface area contributed by atoms with Crippen LogP contribution in [0.2, 0.25) is 0 Å². The second-order valence-corrected chi connectivity index (χ2v) is 13.3. The number of rotatable bonds is 8. The van der Waals surface area contributed by atoms with E-state index in [0.29, 0.717) is 11.0 Å².